The number of carbonyl (C=O) groups excluding carboxylic acids is 2. The fourth-order valence-electron chi connectivity index (χ4n) is 2.88. The van der Waals surface area contributed by atoms with Crippen molar-refractivity contribution in [2.24, 2.45) is 0 Å². The second-order valence-electron chi connectivity index (χ2n) is 6.89. The summed E-state index contributed by atoms with van der Waals surface area (Å²) >= 11 is 3.48. The summed E-state index contributed by atoms with van der Waals surface area (Å²) in [4.78, 5) is 24.3. The van der Waals surface area contributed by atoms with E-state index in [1.54, 1.807) is 49.4 Å². The summed E-state index contributed by atoms with van der Waals surface area (Å²) in [7, 11) is 0. The molecule has 0 aliphatic carbocycles. The van der Waals surface area contributed by atoms with Gasteiger partial charge in [0.2, 0.25) is 0 Å². The Hall–Kier alpha value is -3.89. The van der Waals surface area contributed by atoms with E-state index >= 15 is 0 Å². The highest BCUT2D eigenvalue weighted by Crippen LogP contribution is 2.28. The van der Waals surface area contributed by atoms with Gasteiger partial charge in [-0.2, -0.15) is 5.26 Å². The van der Waals surface area contributed by atoms with Gasteiger partial charge in [0, 0.05) is 5.69 Å². The molecule has 0 aliphatic rings. The van der Waals surface area contributed by atoms with Gasteiger partial charge in [-0.3, -0.25) is 4.79 Å². The second-order valence-corrected chi connectivity index (χ2v) is 7.74. The summed E-state index contributed by atoms with van der Waals surface area (Å²) < 4.78 is 11.5. The number of benzene rings is 3. The van der Waals surface area contributed by atoms with E-state index in [1.807, 2.05) is 36.4 Å². The van der Waals surface area contributed by atoms with Crippen molar-refractivity contribution in [2.75, 3.05) is 11.9 Å². The highest BCUT2D eigenvalue weighted by molar-refractivity contribution is 9.10. The predicted molar refractivity (Wildman–Crippen MR) is 130 cm³/mol. The van der Waals surface area contributed by atoms with E-state index in [9.17, 15) is 14.9 Å². The lowest BCUT2D eigenvalue weighted by atomic mass is 10.1. The van der Waals surface area contributed by atoms with Crippen molar-refractivity contribution in [3.8, 4) is 11.8 Å². The number of esters is 1. The molecule has 0 aromatic heterocycles. The van der Waals surface area contributed by atoms with Gasteiger partial charge < -0.3 is 14.8 Å². The van der Waals surface area contributed by atoms with Crippen molar-refractivity contribution in [3.05, 3.63) is 99.5 Å². The molecule has 0 atom stereocenters. The van der Waals surface area contributed by atoms with E-state index in [2.05, 4.69) is 21.2 Å². The minimum Gasteiger partial charge on any atom is -0.488 e. The molecular weight excluding hydrogens is 484 g/mol. The molecule has 0 saturated heterocycles. The smallest absolute Gasteiger partial charge is 0.338 e. The molecule has 33 heavy (non-hydrogen) atoms. The van der Waals surface area contributed by atoms with Crippen LogP contribution >= 0.6 is 15.9 Å². The van der Waals surface area contributed by atoms with Crippen LogP contribution in [0.3, 0.4) is 0 Å². The molecule has 3 aromatic rings. The van der Waals surface area contributed by atoms with Gasteiger partial charge in [0.25, 0.3) is 5.91 Å². The Morgan fingerprint density at radius 3 is 2.42 bits per heavy atom. The number of hydrogen-bond acceptors (Lipinski definition) is 5. The molecule has 0 saturated carbocycles. The molecule has 1 amide bonds. The van der Waals surface area contributed by atoms with Crippen LogP contribution in [0.4, 0.5) is 5.69 Å². The maximum absolute atomic E-state index is 12.6. The molecule has 0 unspecified atom stereocenters. The summed E-state index contributed by atoms with van der Waals surface area (Å²) in [6.45, 7) is 2.44. The maximum Gasteiger partial charge on any atom is 0.338 e. The SMILES string of the molecule is CCOC(=O)c1ccc(NC(=O)/C(C#N)=C/c2ccc(OCc3ccccc3)c(Br)c2)cc1. The van der Waals surface area contributed by atoms with Crippen molar-refractivity contribution in [1.29, 1.82) is 5.26 Å². The van der Waals surface area contributed by atoms with Crippen LogP contribution in [0.25, 0.3) is 6.08 Å². The predicted octanol–water partition coefficient (Wildman–Crippen LogP) is 5.75. The monoisotopic (exact) mass is 504 g/mol. The van der Waals surface area contributed by atoms with E-state index < -0.39 is 11.9 Å². The van der Waals surface area contributed by atoms with Gasteiger partial charge in [0.15, 0.2) is 0 Å². The summed E-state index contributed by atoms with van der Waals surface area (Å²) in [5.74, 6) is -0.336. The van der Waals surface area contributed by atoms with Crippen LogP contribution in [0.5, 0.6) is 5.75 Å². The average molecular weight is 505 g/mol. The number of nitrogens with zero attached hydrogens (tertiary/aromatic N) is 1. The van der Waals surface area contributed by atoms with Crippen LogP contribution in [0.2, 0.25) is 0 Å². The summed E-state index contributed by atoms with van der Waals surface area (Å²) in [5, 5.41) is 12.1. The quantitative estimate of drug-likeness (QED) is 0.239. The molecule has 0 bridgehead atoms. The van der Waals surface area contributed by atoms with Gasteiger partial charge in [0.05, 0.1) is 16.6 Å². The molecule has 0 heterocycles. The number of amides is 1. The van der Waals surface area contributed by atoms with Crippen molar-refractivity contribution in [2.45, 2.75) is 13.5 Å². The molecule has 0 radical (unpaired) electrons. The van der Waals surface area contributed by atoms with Crippen LogP contribution in [0.1, 0.15) is 28.4 Å². The van der Waals surface area contributed by atoms with Crippen molar-refractivity contribution >= 4 is 39.6 Å². The Morgan fingerprint density at radius 1 is 1.06 bits per heavy atom. The van der Waals surface area contributed by atoms with Crippen LogP contribution in [-0.4, -0.2) is 18.5 Å². The number of anilines is 1. The number of rotatable bonds is 8. The van der Waals surface area contributed by atoms with Gasteiger partial charge in [-0.15, -0.1) is 0 Å². The Kier molecular flexibility index (Phi) is 8.39. The van der Waals surface area contributed by atoms with Gasteiger partial charge in [-0.05, 0) is 76.5 Å². The summed E-state index contributed by atoms with van der Waals surface area (Å²) in [5.41, 5.74) is 2.49. The first-order chi connectivity index (χ1) is 16.0. The Bertz CT molecular complexity index is 1200. The van der Waals surface area contributed by atoms with Crippen LogP contribution < -0.4 is 10.1 Å². The van der Waals surface area contributed by atoms with Gasteiger partial charge >= 0.3 is 5.97 Å². The lowest BCUT2D eigenvalue weighted by Gasteiger charge is -2.09. The highest BCUT2D eigenvalue weighted by atomic mass is 79.9. The highest BCUT2D eigenvalue weighted by Gasteiger charge is 2.12. The van der Waals surface area contributed by atoms with Crippen molar-refractivity contribution in [1.82, 2.24) is 0 Å². The zero-order valence-corrected chi connectivity index (χ0v) is 19.5. The molecular formula is C26H21BrN2O4. The third-order valence-corrected chi connectivity index (χ3v) is 5.14. The molecule has 166 valence electrons. The molecule has 3 aromatic carbocycles. The number of carbonyl (C=O) groups is 2. The van der Waals surface area contributed by atoms with E-state index in [0.29, 0.717) is 33.6 Å². The molecule has 1 N–H and O–H groups in total. The van der Waals surface area contributed by atoms with E-state index in [0.717, 1.165) is 5.56 Å². The van der Waals surface area contributed by atoms with Gasteiger partial charge in [-0.1, -0.05) is 36.4 Å². The summed E-state index contributed by atoms with van der Waals surface area (Å²) in [6.07, 6.45) is 1.49. The molecule has 0 spiro atoms. The summed E-state index contributed by atoms with van der Waals surface area (Å²) in [6, 6.07) is 23.3. The fraction of sp³-hybridized carbons (Fsp3) is 0.115. The standard InChI is InChI=1S/C26H21BrN2O4/c1-2-32-26(31)20-9-11-22(12-10-20)29-25(30)21(16-28)14-19-8-13-24(23(27)15-19)33-17-18-6-4-3-5-7-18/h3-15H,2,17H2,1H3,(H,29,30)/b21-14+. The lowest BCUT2D eigenvalue weighted by Crippen LogP contribution is -2.13. The first-order valence-electron chi connectivity index (χ1n) is 10.2. The van der Waals surface area contributed by atoms with Crippen LogP contribution in [0, 0.1) is 11.3 Å². The average Bonchev–Trinajstić information content (AvgIpc) is 2.83. The Morgan fingerprint density at radius 2 is 1.79 bits per heavy atom. The Balaban J connectivity index is 1.66. The minimum atomic E-state index is -0.554. The second kappa shape index (κ2) is 11.7. The third-order valence-electron chi connectivity index (χ3n) is 4.52. The largest absolute Gasteiger partial charge is 0.488 e. The fourth-order valence-corrected chi connectivity index (χ4v) is 3.39. The van der Waals surface area contributed by atoms with E-state index in [-0.39, 0.29) is 12.2 Å². The number of nitriles is 1. The lowest BCUT2D eigenvalue weighted by molar-refractivity contribution is -0.112. The first-order valence-corrected chi connectivity index (χ1v) is 11.0. The van der Waals surface area contributed by atoms with Crippen LogP contribution in [-0.2, 0) is 16.1 Å². The zero-order chi connectivity index (χ0) is 23.6. The Labute approximate surface area is 200 Å². The molecule has 7 heteroatoms. The molecule has 0 fully saturated rings. The van der Waals surface area contributed by atoms with E-state index in [4.69, 9.17) is 9.47 Å². The van der Waals surface area contributed by atoms with Crippen molar-refractivity contribution in [3.63, 3.8) is 0 Å². The third kappa shape index (κ3) is 6.79. The van der Waals surface area contributed by atoms with Crippen molar-refractivity contribution < 1.29 is 19.1 Å². The van der Waals surface area contributed by atoms with Gasteiger partial charge in [0.1, 0.15) is 24.0 Å². The number of nitrogens with one attached hydrogen (secondary N) is 1. The maximum atomic E-state index is 12.6. The van der Waals surface area contributed by atoms with E-state index in [1.165, 1.54) is 6.08 Å². The number of halogens is 1. The number of hydrogen-bond donors (Lipinski definition) is 1. The minimum absolute atomic E-state index is 0.0608. The topological polar surface area (TPSA) is 88.4 Å². The molecule has 6 nitrogen and oxygen atoms in total. The zero-order valence-electron chi connectivity index (χ0n) is 17.9. The normalized spacial score (nSPS) is 10.8. The first kappa shape index (κ1) is 23.8. The molecule has 0 aliphatic heterocycles. The molecule has 3 rings (SSSR count). The van der Waals surface area contributed by atoms with Crippen LogP contribution in [0.15, 0.2) is 82.8 Å². The van der Waals surface area contributed by atoms with Gasteiger partial charge in [-0.25, -0.2) is 4.79 Å². The number of ether oxygens (including phenoxy) is 2.